The number of hydrogen-bond donors (Lipinski definition) is 2. The normalized spacial score (nSPS) is 16.6. The summed E-state index contributed by atoms with van der Waals surface area (Å²) in [6.45, 7) is 7.32. The second-order valence-corrected chi connectivity index (χ2v) is 7.86. The molecule has 2 N–H and O–H groups in total. The lowest BCUT2D eigenvalue weighted by Gasteiger charge is -2.32. The molecule has 0 amide bonds. The van der Waals surface area contributed by atoms with Gasteiger partial charge in [-0.05, 0) is 35.9 Å². The number of fused-ring (bicyclic) bond motifs is 1. The minimum absolute atomic E-state index is 0. The number of halogens is 1. The highest BCUT2D eigenvalue weighted by atomic mass is 127. The Hall–Kier alpha value is -2.04. The van der Waals surface area contributed by atoms with Gasteiger partial charge in [0.15, 0.2) is 17.5 Å². The molecular formula is C23H32IN5O2. The molecule has 8 heteroatoms. The van der Waals surface area contributed by atoms with Crippen molar-refractivity contribution in [3.8, 4) is 11.5 Å². The fraction of sp³-hybridized carbons (Fsp3) is 0.435. The maximum atomic E-state index is 5.44. The number of guanidine groups is 1. The number of ether oxygens (including phenoxy) is 2. The number of benzene rings is 2. The number of nitrogens with one attached hydrogen (secondary N) is 2. The van der Waals surface area contributed by atoms with Gasteiger partial charge in [-0.2, -0.15) is 0 Å². The van der Waals surface area contributed by atoms with Crippen LogP contribution in [0.2, 0.25) is 0 Å². The van der Waals surface area contributed by atoms with Crippen molar-refractivity contribution in [1.82, 2.24) is 20.4 Å². The van der Waals surface area contributed by atoms with E-state index in [4.69, 9.17) is 9.47 Å². The summed E-state index contributed by atoms with van der Waals surface area (Å²) in [4.78, 5) is 9.23. The first-order chi connectivity index (χ1) is 14.7. The summed E-state index contributed by atoms with van der Waals surface area (Å²) in [5, 5.41) is 6.73. The fourth-order valence-corrected chi connectivity index (χ4v) is 3.67. The van der Waals surface area contributed by atoms with Gasteiger partial charge >= 0.3 is 0 Å². The van der Waals surface area contributed by atoms with Crippen LogP contribution in [0.25, 0.3) is 0 Å². The predicted octanol–water partition coefficient (Wildman–Crippen LogP) is 2.65. The molecule has 2 aliphatic heterocycles. The zero-order valence-corrected chi connectivity index (χ0v) is 20.6. The Morgan fingerprint density at radius 3 is 2.19 bits per heavy atom. The van der Waals surface area contributed by atoms with Gasteiger partial charge in [0.1, 0.15) is 0 Å². The summed E-state index contributed by atoms with van der Waals surface area (Å²) in [5.41, 5.74) is 3.73. The minimum atomic E-state index is 0. The molecule has 1 fully saturated rings. The van der Waals surface area contributed by atoms with Crippen molar-refractivity contribution >= 4 is 29.9 Å². The highest BCUT2D eigenvalue weighted by Gasteiger charge is 2.14. The van der Waals surface area contributed by atoms with E-state index in [9.17, 15) is 0 Å². The molecule has 7 nitrogen and oxygen atoms in total. The maximum Gasteiger partial charge on any atom is 0.231 e. The lowest BCUT2D eigenvalue weighted by atomic mass is 10.1. The molecule has 2 aromatic rings. The molecule has 0 aromatic heterocycles. The third-order valence-corrected chi connectivity index (χ3v) is 5.61. The highest BCUT2D eigenvalue weighted by Crippen LogP contribution is 2.32. The monoisotopic (exact) mass is 537 g/mol. The van der Waals surface area contributed by atoms with E-state index in [0.29, 0.717) is 13.3 Å². The first-order valence-corrected chi connectivity index (χ1v) is 10.5. The SMILES string of the molecule is CN=C(NCc1ccc(CN2CCN(C)CC2)cc1)NCc1ccc2c(c1)OCO2.I. The van der Waals surface area contributed by atoms with E-state index in [0.717, 1.165) is 62.3 Å². The number of aliphatic imine (C=N–C) groups is 1. The van der Waals surface area contributed by atoms with Crippen LogP contribution in [-0.4, -0.2) is 62.8 Å². The van der Waals surface area contributed by atoms with Crippen molar-refractivity contribution in [2.24, 2.45) is 4.99 Å². The third kappa shape index (κ3) is 6.72. The van der Waals surface area contributed by atoms with E-state index < -0.39 is 0 Å². The molecule has 168 valence electrons. The quantitative estimate of drug-likeness (QED) is 0.336. The summed E-state index contributed by atoms with van der Waals surface area (Å²) in [6.07, 6.45) is 0. The molecule has 4 rings (SSSR count). The molecule has 0 spiro atoms. The molecule has 0 unspecified atom stereocenters. The zero-order chi connectivity index (χ0) is 20.8. The van der Waals surface area contributed by atoms with Gasteiger partial charge in [-0.15, -0.1) is 24.0 Å². The molecule has 31 heavy (non-hydrogen) atoms. The smallest absolute Gasteiger partial charge is 0.231 e. The van der Waals surface area contributed by atoms with Crippen LogP contribution in [0.1, 0.15) is 16.7 Å². The Bertz CT molecular complexity index is 867. The summed E-state index contributed by atoms with van der Waals surface area (Å²) < 4.78 is 10.8. The maximum absolute atomic E-state index is 5.44. The topological polar surface area (TPSA) is 61.4 Å². The second-order valence-electron chi connectivity index (χ2n) is 7.86. The average molecular weight is 537 g/mol. The second kappa shape index (κ2) is 11.5. The van der Waals surface area contributed by atoms with E-state index in [2.05, 4.69) is 56.7 Å². The Kier molecular flexibility index (Phi) is 8.79. The van der Waals surface area contributed by atoms with Crippen LogP contribution in [-0.2, 0) is 19.6 Å². The van der Waals surface area contributed by atoms with E-state index in [1.807, 2.05) is 18.2 Å². The molecule has 2 aliphatic rings. The number of hydrogen-bond acceptors (Lipinski definition) is 5. The Balaban J connectivity index is 0.00000272. The summed E-state index contributed by atoms with van der Waals surface area (Å²) in [6, 6.07) is 14.8. The van der Waals surface area contributed by atoms with E-state index in [1.165, 1.54) is 11.1 Å². The summed E-state index contributed by atoms with van der Waals surface area (Å²) >= 11 is 0. The van der Waals surface area contributed by atoms with Crippen molar-refractivity contribution in [3.63, 3.8) is 0 Å². The Labute approximate surface area is 201 Å². The lowest BCUT2D eigenvalue weighted by Crippen LogP contribution is -2.43. The van der Waals surface area contributed by atoms with Crippen molar-refractivity contribution in [1.29, 1.82) is 0 Å². The zero-order valence-electron chi connectivity index (χ0n) is 18.3. The van der Waals surface area contributed by atoms with Crippen molar-refractivity contribution in [2.75, 3.05) is 47.1 Å². The number of nitrogens with zero attached hydrogens (tertiary/aromatic N) is 3. The number of likely N-dealkylation sites (N-methyl/N-ethyl adjacent to an activating group) is 1. The fourth-order valence-electron chi connectivity index (χ4n) is 3.67. The lowest BCUT2D eigenvalue weighted by molar-refractivity contribution is 0.148. The van der Waals surface area contributed by atoms with Gasteiger partial charge in [-0.1, -0.05) is 30.3 Å². The van der Waals surface area contributed by atoms with Gasteiger partial charge in [0.25, 0.3) is 0 Å². The van der Waals surface area contributed by atoms with Crippen LogP contribution in [0.3, 0.4) is 0 Å². The first kappa shape index (κ1) is 23.6. The number of piperazine rings is 1. The molecule has 0 atom stereocenters. The average Bonchev–Trinajstić information content (AvgIpc) is 3.24. The number of rotatable bonds is 6. The van der Waals surface area contributed by atoms with Crippen LogP contribution >= 0.6 is 24.0 Å². The largest absolute Gasteiger partial charge is 0.454 e. The van der Waals surface area contributed by atoms with Gasteiger partial charge in [-0.3, -0.25) is 9.89 Å². The van der Waals surface area contributed by atoms with Crippen LogP contribution in [0.4, 0.5) is 0 Å². The molecule has 0 saturated carbocycles. The molecule has 2 aromatic carbocycles. The molecule has 1 saturated heterocycles. The molecule has 2 heterocycles. The van der Waals surface area contributed by atoms with Crippen molar-refractivity contribution < 1.29 is 9.47 Å². The Morgan fingerprint density at radius 1 is 0.871 bits per heavy atom. The highest BCUT2D eigenvalue weighted by molar-refractivity contribution is 14.0. The first-order valence-electron chi connectivity index (χ1n) is 10.5. The van der Waals surface area contributed by atoms with Gasteiger partial charge in [0.2, 0.25) is 6.79 Å². The third-order valence-electron chi connectivity index (χ3n) is 5.61. The predicted molar refractivity (Wildman–Crippen MR) is 134 cm³/mol. The molecule has 0 radical (unpaired) electrons. The van der Waals surface area contributed by atoms with Crippen LogP contribution < -0.4 is 20.1 Å². The van der Waals surface area contributed by atoms with E-state index in [1.54, 1.807) is 7.05 Å². The summed E-state index contributed by atoms with van der Waals surface area (Å²) in [5.74, 6) is 2.38. The van der Waals surface area contributed by atoms with E-state index >= 15 is 0 Å². The molecule has 0 bridgehead atoms. The Morgan fingerprint density at radius 2 is 1.48 bits per heavy atom. The standard InChI is InChI=1S/C23H31N5O2.HI/c1-24-23(26-15-20-7-8-21-22(13-20)30-17-29-21)25-14-18-3-5-19(6-4-18)16-28-11-9-27(2)10-12-28;/h3-8,13H,9-12,14-17H2,1-2H3,(H2,24,25,26);1H. The van der Waals surface area contributed by atoms with Crippen molar-refractivity contribution in [2.45, 2.75) is 19.6 Å². The van der Waals surface area contributed by atoms with Gasteiger partial charge in [0.05, 0.1) is 0 Å². The van der Waals surface area contributed by atoms with Crippen LogP contribution in [0.5, 0.6) is 11.5 Å². The van der Waals surface area contributed by atoms with Crippen molar-refractivity contribution in [3.05, 3.63) is 59.2 Å². The van der Waals surface area contributed by atoms with Crippen LogP contribution in [0.15, 0.2) is 47.5 Å². The van der Waals surface area contributed by atoms with Gasteiger partial charge in [-0.25, -0.2) is 0 Å². The van der Waals surface area contributed by atoms with Gasteiger partial charge < -0.3 is 25.0 Å². The molecule has 0 aliphatic carbocycles. The van der Waals surface area contributed by atoms with E-state index in [-0.39, 0.29) is 24.0 Å². The minimum Gasteiger partial charge on any atom is -0.454 e. The summed E-state index contributed by atoms with van der Waals surface area (Å²) in [7, 11) is 3.98. The molecular weight excluding hydrogens is 505 g/mol. The van der Waals surface area contributed by atoms with Crippen LogP contribution in [0, 0.1) is 0 Å². The van der Waals surface area contributed by atoms with Gasteiger partial charge in [0, 0.05) is 52.9 Å².